The molecule has 0 saturated heterocycles. The number of carbonyl (C=O) groups is 3. The number of nitrogens with zero attached hydrogens (tertiary/aromatic N) is 1. The largest absolute Gasteiger partial charge is 0.459 e. The number of carbonyl (C=O) groups excluding carboxylic acids is 3. The van der Waals surface area contributed by atoms with Gasteiger partial charge in [0.25, 0.3) is 11.6 Å². The highest BCUT2D eigenvalue weighted by Crippen LogP contribution is 2.25. The van der Waals surface area contributed by atoms with Crippen molar-refractivity contribution in [1.29, 1.82) is 0 Å². The predicted octanol–water partition coefficient (Wildman–Crippen LogP) is 3.09. The minimum absolute atomic E-state index is 0.0232. The molecule has 0 saturated carbocycles. The van der Waals surface area contributed by atoms with Gasteiger partial charge in [-0.1, -0.05) is 30.3 Å². The fourth-order valence-corrected chi connectivity index (χ4v) is 2.62. The van der Waals surface area contributed by atoms with Gasteiger partial charge >= 0.3 is 5.97 Å². The van der Waals surface area contributed by atoms with E-state index < -0.39 is 35.2 Å². The van der Waals surface area contributed by atoms with Crippen LogP contribution in [0.25, 0.3) is 0 Å². The van der Waals surface area contributed by atoms with E-state index in [9.17, 15) is 24.5 Å². The molecule has 152 valence electrons. The average molecular weight is 408 g/mol. The third-order valence-electron chi connectivity index (χ3n) is 4.09. The molecule has 1 amide bonds. The van der Waals surface area contributed by atoms with Gasteiger partial charge < -0.3 is 14.5 Å². The minimum Gasteiger partial charge on any atom is -0.459 e. The number of benzene rings is 2. The molecule has 9 nitrogen and oxygen atoms in total. The molecule has 0 aliphatic carbocycles. The number of esters is 1. The summed E-state index contributed by atoms with van der Waals surface area (Å²) in [7, 11) is 0. The highest BCUT2D eigenvalue weighted by atomic mass is 16.6. The van der Waals surface area contributed by atoms with Crippen LogP contribution in [0.3, 0.4) is 0 Å². The normalized spacial score (nSPS) is 11.3. The second-order valence-corrected chi connectivity index (χ2v) is 6.11. The molecule has 0 radical (unpaired) electrons. The van der Waals surface area contributed by atoms with Gasteiger partial charge in [0, 0.05) is 23.3 Å². The Kier molecular flexibility index (Phi) is 6.33. The second kappa shape index (κ2) is 9.28. The van der Waals surface area contributed by atoms with Gasteiger partial charge in [0.05, 0.1) is 11.2 Å². The highest BCUT2D eigenvalue weighted by molar-refractivity contribution is 6.01. The molecule has 1 aromatic heterocycles. The first-order chi connectivity index (χ1) is 14.5. The van der Waals surface area contributed by atoms with Gasteiger partial charge in [-0.05, 0) is 24.3 Å². The molecule has 30 heavy (non-hydrogen) atoms. The van der Waals surface area contributed by atoms with Crippen molar-refractivity contribution in [3.05, 3.63) is 100.0 Å². The SMILES string of the molecule is O=C(CNC(=O)c1ccco1)OC(C(=O)c1ccccc1)c1ccc([N+](=O)[O-])cc1. The highest BCUT2D eigenvalue weighted by Gasteiger charge is 2.27. The van der Waals surface area contributed by atoms with Crippen molar-refractivity contribution < 1.29 is 28.5 Å². The Labute approximate surface area is 170 Å². The molecule has 2 aromatic carbocycles. The molecule has 0 aliphatic rings. The number of furan rings is 1. The standard InChI is InChI=1S/C21H16N2O7/c24-18(13-22-21(26)17-7-4-12-29-17)30-20(19(25)14-5-2-1-3-6-14)15-8-10-16(11-9-15)23(27)28/h1-12,20H,13H2,(H,22,26). The summed E-state index contributed by atoms with van der Waals surface area (Å²) in [4.78, 5) is 47.4. The van der Waals surface area contributed by atoms with E-state index in [0.29, 0.717) is 5.56 Å². The molecule has 9 heteroatoms. The molecular formula is C21H16N2O7. The molecule has 1 N–H and O–H groups in total. The van der Waals surface area contributed by atoms with Crippen LogP contribution in [0.4, 0.5) is 5.69 Å². The Morgan fingerprint density at radius 3 is 2.30 bits per heavy atom. The van der Waals surface area contributed by atoms with Gasteiger partial charge in [-0.15, -0.1) is 0 Å². The van der Waals surface area contributed by atoms with Crippen LogP contribution in [-0.4, -0.2) is 29.1 Å². The summed E-state index contributed by atoms with van der Waals surface area (Å²) in [5.74, 6) is -1.95. The van der Waals surface area contributed by atoms with Crippen LogP contribution in [0.5, 0.6) is 0 Å². The number of nitro benzene ring substituents is 1. The monoisotopic (exact) mass is 408 g/mol. The first-order valence-electron chi connectivity index (χ1n) is 8.80. The maximum absolute atomic E-state index is 12.9. The number of Topliss-reactive ketones (excluding diaryl/α,β-unsaturated/α-hetero) is 1. The van der Waals surface area contributed by atoms with E-state index in [1.54, 1.807) is 30.3 Å². The van der Waals surface area contributed by atoms with Gasteiger partial charge in [-0.25, -0.2) is 0 Å². The summed E-state index contributed by atoms with van der Waals surface area (Å²) in [5.41, 5.74) is 0.398. The third-order valence-corrected chi connectivity index (χ3v) is 4.09. The number of nitrogens with one attached hydrogen (secondary N) is 1. The van der Waals surface area contributed by atoms with Crippen molar-refractivity contribution in [2.24, 2.45) is 0 Å². The number of ether oxygens (including phenoxy) is 1. The van der Waals surface area contributed by atoms with Crippen LogP contribution in [0, 0.1) is 10.1 Å². The molecule has 1 heterocycles. The third kappa shape index (κ3) is 4.96. The van der Waals surface area contributed by atoms with Crippen molar-refractivity contribution in [2.45, 2.75) is 6.10 Å². The van der Waals surface area contributed by atoms with E-state index in [4.69, 9.17) is 9.15 Å². The molecule has 0 fully saturated rings. The van der Waals surface area contributed by atoms with Crippen LogP contribution in [0.15, 0.2) is 77.4 Å². The summed E-state index contributed by atoms with van der Waals surface area (Å²) < 4.78 is 10.2. The zero-order valence-electron chi connectivity index (χ0n) is 15.5. The number of amides is 1. The molecule has 0 bridgehead atoms. The molecular weight excluding hydrogens is 392 g/mol. The van der Waals surface area contributed by atoms with Gasteiger partial charge in [0.15, 0.2) is 11.9 Å². The Morgan fingerprint density at radius 1 is 1.00 bits per heavy atom. The first-order valence-corrected chi connectivity index (χ1v) is 8.80. The quantitative estimate of drug-likeness (QED) is 0.262. The summed E-state index contributed by atoms with van der Waals surface area (Å²) in [6.45, 7) is -0.495. The predicted molar refractivity (Wildman–Crippen MR) is 104 cm³/mol. The number of non-ortho nitro benzene ring substituents is 1. The van der Waals surface area contributed by atoms with E-state index in [2.05, 4.69) is 5.32 Å². The van der Waals surface area contributed by atoms with Crippen LogP contribution in [-0.2, 0) is 9.53 Å². The number of hydrogen-bond donors (Lipinski definition) is 1. The lowest BCUT2D eigenvalue weighted by Crippen LogP contribution is -2.32. The Balaban J connectivity index is 1.76. The molecule has 0 aliphatic heterocycles. The van der Waals surface area contributed by atoms with Crippen molar-refractivity contribution in [1.82, 2.24) is 5.32 Å². The zero-order valence-corrected chi connectivity index (χ0v) is 15.5. The van der Waals surface area contributed by atoms with Crippen LogP contribution < -0.4 is 5.32 Å². The van der Waals surface area contributed by atoms with Crippen molar-refractivity contribution in [3.63, 3.8) is 0 Å². The topological polar surface area (TPSA) is 129 Å². The van der Waals surface area contributed by atoms with E-state index in [0.717, 1.165) is 0 Å². The fraction of sp³-hybridized carbons (Fsp3) is 0.0952. The molecule has 0 spiro atoms. The number of nitro groups is 1. The molecule has 3 aromatic rings. The second-order valence-electron chi connectivity index (χ2n) is 6.11. The summed E-state index contributed by atoms with van der Waals surface area (Å²) >= 11 is 0. The van der Waals surface area contributed by atoms with Gasteiger partial charge in [-0.3, -0.25) is 24.5 Å². The average Bonchev–Trinajstić information content (AvgIpc) is 3.31. The van der Waals surface area contributed by atoms with Gasteiger partial charge in [-0.2, -0.15) is 0 Å². The number of hydrogen-bond acceptors (Lipinski definition) is 7. The lowest BCUT2D eigenvalue weighted by molar-refractivity contribution is -0.384. The first kappa shape index (κ1) is 20.5. The van der Waals surface area contributed by atoms with Gasteiger partial charge in [0.2, 0.25) is 5.78 Å². The molecule has 1 atom stereocenters. The Bertz CT molecular complexity index is 1040. The summed E-state index contributed by atoms with van der Waals surface area (Å²) in [5, 5.41) is 13.2. The van der Waals surface area contributed by atoms with E-state index >= 15 is 0 Å². The van der Waals surface area contributed by atoms with Crippen molar-refractivity contribution in [3.8, 4) is 0 Å². The maximum atomic E-state index is 12.9. The lowest BCUT2D eigenvalue weighted by atomic mass is 9.99. The fourth-order valence-electron chi connectivity index (χ4n) is 2.62. The van der Waals surface area contributed by atoms with Crippen LogP contribution >= 0.6 is 0 Å². The zero-order chi connectivity index (χ0) is 21.5. The summed E-state index contributed by atoms with van der Waals surface area (Å²) in [6.07, 6.45) is -0.0163. The number of ketones is 1. The smallest absolute Gasteiger partial charge is 0.326 e. The van der Waals surface area contributed by atoms with E-state index in [1.807, 2.05) is 0 Å². The summed E-state index contributed by atoms with van der Waals surface area (Å²) in [6, 6.07) is 16.2. The minimum atomic E-state index is -1.33. The van der Waals surface area contributed by atoms with Crippen molar-refractivity contribution >= 4 is 23.3 Å². The van der Waals surface area contributed by atoms with Crippen LogP contribution in [0.1, 0.15) is 32.6 Å². The Hall–Kier alpha value is -4.27. The molecule has 1 unspecified atom stereocenters. The van der Waals surface area contributed by atoms with Crippen LogP contribution in [0.2, 0.25) is 0 Å². The van der Waals surface area contributed by atoms with Gasteiger partial charge in [0.1, 0.15) is 6.54 Å². The number of rotatable bonds is 8. The van der Waals surface area contributed by atoms with E-state index in [1.165, 1.54) is 42.7 Å². The Morgan fingerprint density at radius 2 is 1.70 bits per heavy atom. The molecule has 3 rings (SSSR count). The van der Waals surface area contributed by atoms with E-state index in [-0.39, 0.29) is 17.0 Å². The van der Waals surface area contributed by atoms with Crippen molar-refractivity contribution in [2.75, 3.05) is 6.54 Å². The lowest BCUT2D eigenvalue weighted by Gasteiger charge is -2.17. The maximum Gasteiger partial charge on any atom is 0.326 e.